The van der Waals surface area contributed by atoms with Crippen molar-refractivity contribution >= 4 is 54.7 Å². The summed E-state index contributed by atoms with van der Waals surface area (Å²) in [5, 5.41) is 38.7. The van der Waals surface area contributed by atoms with Crippen LogP contribution in [-0.4, -0.2) is 113 Å². The predicted molar refractivity (Wildman–Crippen MR) is 133 cm³/mol. The van der Waals surface area contributed by atoms with Gasteiger partial charge in [0.2, 0.25) is 0 Å². The van der Waals surface area contributed by atoms with E-state index in [4.69, 9.17) is 42.4 Å². The lowest BCUT2D eigenvalue weighted by molar-refractivity contribution is -0.287. The number of phosphoric ester groups is 1. The van der Waals surface area contributed by atoms with Crippen LogP contribution in [0.3, 0.4) is 0 Å². The van der Waals surface area contributed by atoms with E-state index in [0.29, 0.717) is 0 Å². The second-order valence-corrected chi connectivity index (χ2v) is 13.9. The highest BCUT2D eigenvalue weighted by molar-refractivity contribution is 8.08. The van der Waals surface area contributed by atoms with Gasteiger partial charge in [-0.25, -0.2) is 27.6 Å². The number of nitrogens with two attached hydrogens (primary N) is 2. The number of fused-ring (bicyclic) bond motifs is 1. The fraction of sp³-hybridized carbons (Fsp3) is 0.706. The van der Waals surface area contributed by atoms with Crippen molar-refractivity contribution in [3.63, 3.8) is 0 Å². The number of aliphatic hydroxyl groups is 4. The quantitative estimate of drug-likeness (QED) is 0.132. The van der Waals surface area contributed by atoms with Gasteiger partial charge in [0.05, 0.1) is 24.1 Å². The topological polar surface area (TPSA) is 275 Å². The molecule has 2 aliphatic heterocycles. The molecule has 0 bridgehead atoms. The molecule has 12 atom stereocenters. The molecule has 0 amide bonds. The predicted octanol–water partition coefficient (Wildman–Crippen LogP) is -1.72. The Hall–Kier alpha value is -0.970. The smallest absolute Gasteiger partial charge is 0.393 e. The third kappa shape index (κ3) is 6.65. The van der Waals surface area contributed by atoms with E-state index in [0.717, 1.165) is 17.9 Å². The minimum Gasteiger partial charge on any atom is -0.393 e. The van der Waals surface area contributed by atoms with Gasteiger partial charge in [-0.05, 0) is 23.3 Å². The summed E-state index contributed by atoms with van der Waals surface area (Å²) < 4.78 is 70.1. The van der Waals surface area contributed by atoms with Crippen molar-refractivity contribution in [2.75, 3.05) is 18.9 Å². The van der Waals surface area contributed by atoms with E-state index in [1.54, 1.807) is 0 Å². The molecule has 2 aliphatic rings. The maximum atomic E-state index is 15.1. The molecule has 2 aromatic heterocycles. The van der Waals surface area contributed by atoms with Crippen LogP contribution in [0.2, 0.25) is 0 Å². The monoisotopic (exact) mass is 655 g/mol. The Kier molecular flexibility index (Phi) is 9.85. The number of halogens is 2. The van der Waals surface area contributed by atoms with Crippen LogP contribution in [0, 0.1) is 0 Å². The molecule has 0 saturated carbocycles. The fourth-order valence-corrected chi connectivity index (χ4v) is 7.93. The molecule has 4 heterocycles. The van der Waals surface area contributed by atoms with Crippen LogP contribution < -0.4 is 11.5 Å². The van der Waals surface area contributed by atoms with Gasteiger partial charge in [0, 0.05) is 0 Å². The molecule has 10 N–H and O–H groups in total. The molecule has 0 spiro atoms. The molecule has 7 unspecified atom stereocenters. The number of rotatable bonds is 10. The van der Waals surface area contributed by atoms with Gasteiger partial charge in [-0.1, -0.05) is 0 Å². The third-order valence-corrected chi connectivity index (χ3v) is 10.4. The normalized spacial score (nSPS) is 36.8. The maximum absolute atomic E-state index is 15.1. The number of alkyl halides is 2. The van der Waals surface area contributed by atoms with Crippen molar-refractivity contribution in [1.82, 2.24) is 14.3 Å². The highest BCUT2D eigenvalue weighted by atomic mass is 32.5. The lowest BCUT2D eigenvalue weighted by atomic mass is 9.96. The van der Waals surface area contributed by atoms with E-state index in [1.165, 1.54) is 0 Å². The second-order valence-electron chi connectivity index (χ2n) is 8.68. The number of anilines is 1. The second kappa shape index (κ2) is 12.3. The lowest BCUT2D eigenvalue weighted by Crippen LogP contribution is -2.60. The number of phosphoric acid groups is 1. The average molecular weight is 655 g/mol. The Morgan fingerprint density at radius 1 is 1.18 bits per heavy atom. The Morgan fingerprint density at radius 3 is 2.55 bits per heavy atom. The summed E-state index contributed by atoms with van der Waals surface area (Å²) >= 11 is 5.56. The number of nitrogen functional groups attached to an aromatic ring is 1. The van der Waals surface area contributed by atoms with Gasteiger partial charge >= 0.3 is 14.5 Å². The molecule has 0 radical (unpaired) electrons. The summed E-state index contributed by atoms with van der Waals surface area (Å²) in [7, 11) is -5.48. The Morgan fingerprint density at radius 2 is 1.88 bits per heavy atom. The van der Waals surface area contributed by atoms with Gasteiger partial charge in [-0.15, -0.1) is 0 Å². The van der Waals surface area contributed by atoms with Crippen LogP contribution in [0.4, 0.5) is 14.6 Å². The highest BCUT2D eigenvalue weighted by Gasteiger charge is 2.51. The van der Waals surface area contributed by atoms with Crippen LogP contribution in [0.15, 0.2) is 6.33 Å². The largest absolute Gasteiger partial charge is 0.481 e. The van der Waals surface area contributed by atoms with Gasteiger partial charge in [0.1, 0.15) is 60.2 Å². The van der Waals surface area contributed by atoms with Crippen molar-refractivity contribution in [3.05, 3.63) is 11.2 Å². The third-order valence-electron chi connectivity index (χ3n) is 5.97. The molecular weight excluding hydrogens is 630 g/mol. The summed E-state index contributed by atoms with van der Waals surface area (Å²) in [5.74, 6) is 0.0733. The van der Waals surface area contributed by atoms with E-state index in [2.05, 4.69) is 23.2 Å². The zero-order valence-electron chi connectivity index (χ0n) is 19.9. The van der Waals surface area contributed by atoms with Crippen molar-refractivity contribution in [3.8, 4) is 0 Å². The summed E-state index contributed by atoms with van der Waals surface area (Å²) in [5.41, 5.74) is 12.1. The van der Waals surface area contributed by atoms with Gasteiger partial charge in [-0.2, -0.15) is 4.37 Å². The Labute approximate surface area is 232 Å². The first-order valence-electron chi connectivity index (χ1n) is 11.2. The van der Waals surface area contributed by atoms with Crippen LogP contribution in [0.25, 0.3) is 11.0 Å². The SMILES string of the molecule is Nc1ncnc2c([C@@H]3O[C@H](COP(O)(=S)OP(=O)(O)OC4OC([C@@H](F)CO)C(O)C(O)C4O)[C@@H](N)[C@H]3F)snc12. The van der Waals surface area contributed by atoms with Gasteiger partial charge in [0.25, 0.3) is 0 Å². The number of hydrogen-bond acceptors (Lipinski definition) is 17. The van der Waals surface area contributed by atoms with Gasteiger partial charge in [0.15, 0.2) is 18.3 Å². The standard InChI is InChI=1S/C17H25F2N5O12P2S2/c18-4(1-25)13-11(27)10(26)12(28)17(34-13)35-37(29,30)36-38(31,39)32-2-5-7(20)6(19)14(33-5)15-8-9(24-40-15)16(21)23-3-22-8/h3-7,10-14,17,25-28H,1-2,20H2,(H,29,30)(H,31,39)(H2,21,22,23)/t4-,5+,6+,7+,10?,11?,12?,13?,14+,17?,38?/m0/s1. The van der Waals surface area contributed by atoms with Gasteiger partial charge < -0.3 is 55.7 Å². The molecule has 23 heteroatoms. The minimum atomic E-state index is -5.48. The summed E-state index contributed by atoms with van der Waals surface area (Å²) in [6, 6.07) is -1.32. The molecule has 0 aliphatic carbocycles. The van der Waals surface area contributed by atoms with E-state index in [9.17, 15) is 34.1 Å². The van der Waals surface area contributed by atoms with Gasteiger partial charge in [-0.3, -0.25) is 4.52 Å². The lowest BCUT2D eigenvalue weighted by Gasteiger charge is -2.41. The molecule has 0 aromatic carbocycles. The molecule has 4 rings (SSSR count). The molecule has 2 fully saturated rings. The Balaban J connectivity index is 1.38. The number of hydrogen-bond donors (Lipinski definition) is 8. The molecule has 40 heavy (non-hydrogen) atoms. The van der Waals surface area contributed by atoms with Crippen molar-refractivity contribution in [2.24, 2.45) is 5.73 Å². The molecule has 226 valence electrons. The van der Waals surface area contributed by atoms with Crippen LogP contribution in [-0.2, 0) is 39.2 Å². The number of aromatic nitrogens is 3. The minimum absolute atomic E-state index is 0.0733. The number of nitrogens with zero attached hydrogens (tertiary/aromatic N) is 3. The van der Waals surface area contributed by atoms with Crippen molar-refractivity contribution in [1.29, 1.82) is 0 Å². The van der Waals surface area contributed by atoms with E-state index >= 15 is 4.39 Å². The summed E-state index contributed by atoms with van der Waals surface area (Å²) in [6.07, 6.45) is -16.0. The maximum Gasteiger partial charge on any atom is 0.481 e. The first-order chi connectivity index (χ1) is 18.7. The first kappa shape index (κ1) is 32.0. The first-order valence-corrected chi connectivity index (χ1v) is 16.1. The Bertz CT molecular complexity index is 1300. The number of ether oxygens (including phenoxy) is 2. The van der Waals surface area contributed by atoms with Crippen molar-refractivity contribution < 1.29 is 66.4 Å². The molecule has 2 saturated heterocycles. The molecular formula is C17H25F2N5O12P2S2. The zero-order valence-corrected chi connectivity index (χ0v) is 23.3. The average Bonchev–Trinajstić information content (AvgIpc) is 3.43. The van der Waals surface area contributed by atoms with Crippen molar-refractivity contribution in [2.45, 2.75) is 61.3 Å². The van der Waals surface area contributed by atoms with Crippen LogP contribution in [0.1, 0.15) is 11.0 Å². The van der Waals surface area contributed by atoms with Crippen LogP contribution in [0.5, 0.6) is 0 Å². The zero-order chi connectivity index (χ0) is 29.6. The van der Waals surface area contributed by atoms with E-state index in [-0.39, 0.29) is 21.7 Å². The molecule has 17 nitrogen and oxygen atoms in total. The molecule has 2 aromatic rings. The summed E-state index contributed by atoms with van der Waals surface area (Å²) in [6.45, 7) is -6.54. The summed E-state index contributed by atoms with van der Waals surface area (Å²) in [4.78, 5) is 28.4. The fourth-order valence-electron chi connectivity index (χ4n) is 3.94. The number of aliphatic hydroxyl groups excluding tert-OH is 4. The van der Waals surface area contributed by atoms with Crippen LogP contribution >= 0.6 is 26.1 Å². The highest BCUT2D eigenvalue weighted by Crippen LogP contribution is 2.62. The van der Waals surface area contributed by atoms with E-state index in [1.807, 2.05) is 0 Å². The van der Waals surface area contributed by atoms with E-state index < -0.39 is 89.1 Å².